The highest BCUT2D eigenvalue weighted by molar-refractivity contribution is 5.79. The fraction of sp³-hybridized carbons (Fsp3) is 0.300. The summed E-state index contributed by atoms with van der Waals surface area (Å²) in [7, 11) is 1.72. The molecule has 0 saturated heterocycles. The highest BCUT2D eigenvalue weighted by Gasteiger charge is 2.02. The number of ether oxygens (including phenoxy) is 2. The second-order valence-electron chi connectivity index (χ2n) is 5.77. The van der Waals surface area contributed by atoms with E-state index in [4.69, 9.17) is 15.2 Å². The summed E-state index contributed by atoms with van der Waals surface area (Å²) in [5.41, 5.74) is 6.09. The predicted molar refractivity (Wildman–Crippen MR) is 106 cm³/mol. The topological polar surface area (TPSA) is 98.0 Å². The highest BCUT2D eigenvalue weighted by Crippen LogP contribution is 2.13. The molecule has 27 heavy (non-hydrogen) atoms. The van der Waals surface area contributed by atoms with Gasteiger partial charge in [-0.25, -0.2) is 0 Å². The molecule has 0 aromatic heterocycles. The molecule has 0 bridgehead atoms. The molecule has 144 valence electrons. The van der Waals surface area contributed by atoms with Crippen LogP contribution in [-0.2, 0) is 11.3 Å². The molecule has 2 rings (SSSR count). The number of nitrogens with one attached hydrogen (secondary N) is 2. The Labute approximate surface area is 159 Å². The zero-order valence-electron chi connectivity index (χ0n) is 15.5. The first-order chi connectivity index (χ1) is 13.2. The van der Waals surface area contributed by atoms with Crippen molar-refractivity contribution in [3.8, 4) is 11.5 Å². The van der Waals surface area contributed by atoms with Crippen molar-refractivity contribution in [2.75, 3.05) is 26.8 Å². The number of carbonyl (C=O) groups is 1. The lowest BCUT2D eigenvalue weighted by atomic mass is 10.2. The van der Waals surface area contributed by atoms with Crippen LogP contribution < -0.4 is 25.8 Å². The number of primary amides is 1. The molecule has 0 heterocycles. The van der Waals surface area contributed by atoms with Crippen LogP contribution in [0.15, 0.2) is 59.6 Å². The van der Waals surface area contributed by atoms with Gasteiger partial charge in [0.1, 0.15) is 11.5 Å². The number of hydrogen-bond acceptors (Lipinski definition) is 4. The number of nitrogens with two attached hydrogens (primary N) is 1. The van der Waals surface area contributed by atoms with Crippen molar-refractivity contribution >= 4 is 11.9 Å². The van der Waals surface area contributed by atoms with E-state index in [1.165, 1.54) is 0 Å². The third kappa shape index (κ3) is 8.13. The summed E-state index contributed by atoms with van der Waals surface area (Å²) in [4.78, 5) is 15.0. The summed E-state index contributed by atoms with van der Waals surface area (Å²) < 4.78 is 11.0. The third-order valence-corrected chi connectivity index (χ3v) is 3.59. The molecular weight excluding hydrogens is 344 g/mol. The molecular formula is C20H26N4O3. The highest BCUT2D eigenvalue weighted by atomic mass is 16.5. The molecule has 0 aliphatic heterocycles. The fourth-order valence-electron chi connectivity index (χ4n) is 2.29. The molecule has 4 N–H and O–H groups in total. The first kappa shape index (κ1) is 20.1. The monoisotopic (exact) mass is 370 g/mol. The Kier molecular flexibility index (Phi) is 8.49. The second-order valence-corrected chi connectivity index (χ2v) is 5.77. The second kappa shape index (κ2) is 11.4. The van der Waals surface area contributed by atoms with Crippen LogP contribution in [-0.4, -0.2) is 38.7 Å². The van der Waals surface area contributed by atoms with Gasteiger partial charge in [-0.3, -0.25) is 9.79 Å². The van der Waals surface area contributed by atoms with E-state index >= 15 is 0 Å². The zero-order chi connectivity index (χ0) is 19.3. The van der Waals surface area contributed by atoms with E-state index in [-0.39, 0.29) is 6.61 Å². The van der Waals surface area contributed by atoms with Crippen LogP contribution in [0, 0.1) is 0 Å². The number of benzene rings is 2. The standard InChI is InChI=1S/C20H26N4O3/c1-22-20(23-11-6-12-26-17-8-3-2-4-9-17)24-14-16-7-5-10-18(13-16)27-15-19(21)25/h2-5,7-10,13H,6,11-12,14-15H2,1H3,(H2,21,25)(H2,22,23,24). The number of guanidine groups is 1. The van der Waals surface area contributed by atoms with Crippen molar-refractivity contribution in [1.29, 1.82) is 0 Å². The molecule has 0 fully saturated rings. The molecule has 2 aromatic carbocycles. The van der Waals surface area contributed by atoms with E-state index in [1.54, 1.807) is 13.1 Å². The Morgan fingerprint density at radius 2 is 1.81 bits per heavy atom. The predicted octanol–water partition coefficient (Wildman–Crippen LogP) is 1.68. The maximum Gasteiger partial charge on any atom is 0.255 e. The smallest absolute Gasteiger partial charge is 0.255 e. The number of rotatable bonds is 10. The Balaban J connectivity index is 1.67. The van der Waals surface area contributed by atoms with Crippen LogP contribution in [0.3, 0.4) is 0 Å². The van der Waals surface area contributed by atoms with Gasteiger partial charge in [-0.1, -0.05) is 30.3 Å². The van der Waals surface area contributed by atoms with Crippen LogP contribution in [0.1, 0.15) is 12.0 Å². The average Bonchev–Trinajstić information content (AvgIpc) is 2.69. The minimum absolute atomic E-state index is 0.134. The Morgan fingerprint density at radius 3 is 2.56 bits per heavy atom. The lowest BCUT2D eigenvalue weighted by Crippen LogP contribution is -2.37. The minimum Gasteiger partial charge on any atom is -0.494 e. The van der Waals surface area contributed by atoms with Crippen molar-refractivity contribution in [3.05, 3.63) is 60.2 Å². The maximum absolute atomic E-state index is 10.8. The van der Waals surface area contributed by atoms with E-state index in [0.717, 1.165) is 24.3 Å². The Bertz CT molecular complexity index is 735. The van der Waals surface area contributed by atoms with Gasteiger partial charge in [0.05, 0.1) is 6.61 Å². The summed E-state index contributed by atoms with van der Waals surface area (Å²) in [6.45, 7) is 1.82. The molecule has 0 aliphatic rings. The molecule has 7 heteroatoms. The van der Waals surface area contributed by atoms with Crippen molar-refractivity contribution in [2.45, 2.75) is 13.0 Å². The molecule has 1 amide bonds. The summed E-state index contributed by atoms with van der Waals surface area (Å²) in [5, 5.41) is 6.48. The quantitative estimate of drug-likeness (QED) is 0.336. The molecule has 0 unspecified atom stereocenters. The van der Waals surface area contributed by atoms with E-state index < -0.39 is 5.91 Å². The summed E-state index contributed by atoms with van der Waals surface area (Å²) >= 11 is 0. The van der Waals surface area contributed by atoms with Gasteiger partial charge in [0.25, 0.3) is 5.91 Å². The van der Waals surface area contributed by atoms with Gasteiger partial charge in [-0.2, -0.15) is 0 Å². The van der Waals surface area contributed by atoms with Crippen LogP contribution >= 0.6 is 0 Å². The van der Waals surface area contributed by atoms with Gasteiger partial charge in [-0.15, -0.1) is 0 Å². The summed E-state index contributed by atoms with van der Waals surface area (Å²) in [6, 6.07) is 17.2. The van der Waals surface area contributed by atoms with Gasteiger partial charge in [0, 0.05) is 20.1 Å². The number of hydrogen-bond donors (Lipinski definition) is 3. The lowest BCUT2D eigenvalue weighted by molar-refractivity contribution is -0.119. The van der Waals surface area contributed by atoms with Crippen molar-refractivity contribution in [1.82, 2.24) is 10.6 Å². The third-order valence-electron chi connectivity index (χ3n) is 3.59. The van der Waals surface area contributed by atoms with Crippen LogP contribution in [0.2, 0.25) is 0 Å². The Morgan fingerprint density at radius 1 is 1.04 bits per heavy atom. The molecule has 0 atom stereocenters. The molecule has 0 aliphatic carbocycles. The summed E-state index contributed by atoms with van der Waals surface area (Å²) in [5.74, 6) is 1.69. The minimum atomic E-state index is -0.501. The normalized spacial score (nSPS) is 10.9. The number of aliphatic imine (C=N–C) groups is 1. The first-order valence-electron chi connectivity index (χ1n) is 8.80. The number of carbonyl (C=O) groups excluding carboxylic acids is 1. The number of amides is 1. The van der Waals surface area contributed by atoms with Crippen molar-refractivity contribution in [3.63, 3.8) is 0 Å². The average molecular weight is 370 g/mol. The lowest BCUT2D eigenvalue weighted by Gasteiger charge is -2.13. The van der Waals surface area contributed by atoms with Gasteiger partial charge >= 0.3 is 0 Å². The van der Waals surface area contributed by atoms with E-state index in [9.17, 15) is 4.79 Å². The largest absolute Gasteiger partial charge is 0.494 e. The molecule has 7 nitrogen and oxygen atoms in total. The van der Waals surface area contributed by atoms with Gasteiger partial charge in [-0.05, 0) is 36.2 Å². The van der Waals surface area contributed by atoms with E-state index in [1.807, 2.05) is 48.5 Å². The number of para-hydroxylation sites is 1. The van der Waals surface area contributed by atoms with Crippen molar-refractivity contribution in [2.24, 2.45) is 10.7 Å². The van der Waals surface area contributed by atoms with Crippen LogP contribution in [0.4, 0.5) is 0 Å². The van der Waals surface area contributed by atoms with Gasteiger partial charge in [0.15, 0.2) is 12.6 Å². The number of nitrogens with zero attached hydrogens (tertiary/aromatic N) is 1. The molecule has 2 aromatic rings. The molecule has 0 spiro atoms. The molecule has 0 radical (unpaired) electrons. The fourth-order valence-corrected chi connectivity index (χ4v) is 2.29. The first-order valence-corrected chi connectivity index (χ1v) is 8.80. The van der Waals surface area contributed by atoms with E-state index in [2.05, 4.69) is 15.6 Å². The maximum atomic E-state index is 10.8. The van der Waals surface area contributed by atoms with Crippen LogP contribution in [0.25, 0.3) is 0 Å². The molecule has 0 saturated carbocycles. The summed E-state index contributed by atoms with van der Waals surface area (Å²) in [6.07, 6.45) is 0.853. The van der Waals surface area contributed by atoms with Crippen LogP contribution in [0.5, 0.6) is 11.5 Å². The zero-order valence-corrected chi connectivity index (χ0v) is 15.5. The van der Waals surface area contributed by atoms with Gasteiger partial charge < -0.3 is 25.8 Å². The Hall–Kier alpha value is -3.22. The van der Waals surface area contributed by atoms with E-state index in [0.29, 0.717) is 24.9 Å². The van der Waals surface area contributed by atoms with Gasteiger partial charge in [0.2, 0.25) is 0 Å². The SMILES string of the molecule is CN=C(NCCCOc1ccccc1)NCc1cccc(OCC(N)=O)c1. The van der Waals surface area contributed by atoms with Crippen molar-refractivity contribution < 1.29 is 14.3 Å².